The normalized spacial score (nSPS) is 21.7. The van der Waals surface area contributed by atoms with Gasteiger partial charge >= 0.3 is 0 Å². The summed E-state index contributed by atoms with van der Waals surface area (Å²) in [6.45, 7) is 3.90. The minimum absolute atomic E-state index is 0.245. The highest BCUT2D eigenvalue weighted by molar-refractivity contribution is 14.1. The SMILES string of the molecule is Cc1cc(I)cc(CO[C@H]2CCCN[C@H]2c2ccccc2)c1. The van der Waals surface area contributed by atoms with Crippen molar-refractivity contribution in [1.29, 1.82) is 0 Å². The summed E-state index contributed by atoms with van der Waals surface area (Å²) < 4.78 is 7.56. The van der Waals surface area contributed by atoms with Gasteiger partial charge in [0.05, 0.1) is 18.8 Å². The Bertz CT molecular complexity index is 594. The molecule has 1 N–H and O–H groups in total. The highest BCUT2D eigenvalue weighted by Gasteiger charge is 2.26. The van der Waals surface area contributed by atoms with Gasteiger partial charge in [-0.15, -0.1) is 0 Å². The van der Waals surface area contributed by atoms with Gasteiger partial charge in [-0.3, -0.25) is 0 Å². The lowest BCUT2D eigenvalue weighted by Gasteiger charge is -2.33. The molecule has 3 heteroatoms. The molecule has 2 aromatic carbocycles. The van der Waals surface area contributed by atoms with Crippen molar-refractivity contribution in [3.63, 3.8) is 0 Å². The maximum absolute atomic E-state index is 6.28. The van der Waals surface area contributed by atoms with E-state index < -0.39 is 0 Å². The molecular formula is C19H22INO. The second-order valence-corrected chi connectivity index (χ2v) is 7.22. The molecule has 0 bridgehead atoms. The molecule has 1 fully saturated rings. The van der Waals surface area contributed by atoms with Gasteiger partial charge in [-0.25, -0.2) is 0 Å². The Morgan fingerprint density at radius 3 is 2.77 bits per heavy atom. The van der Waals surface area contributed by atoms with Crippen LogP contribution in [-0.2, 0) is 11.3 Å². The Morgan fingerprint density at radius 1 is 1.18 bits per heavy atom. The Balaban J connectivity index is 1.69. The number of aryl methyl sites for hydroxylation is 1. The summed E-state index contributed by atoms with van der Waals surface area (Å²) >= 11 is 2.37. The van der Waals surface area contributed by atoms with Crippen LogP contribution in [-0.4, -0.2) is 12.6 Å². The zero-order chi connectivity index (χ0) is 15.4. The first-order chi connectivity index (χ1) is 10.7. The average molecular weight is 407 g/mol. The first kappa shape index (κ1) is 16.0. The van der Waals surface area contributed by atoms with Gasteiger partial charge in [0.15, 0.2) is 0 Å². The summed E-state index contributed by atoms with van der Waals surface area (Å²) in [5.41, 5.74) is 3.89. The van der Waals surface area contributed by atoms with E-state index in [4.69, 9.17) is 4.74 Å². The van der Waals surface area contributed by atoms with Gasteiger partial charge in [0, 0.05) is 3.57 Å². The van der Waals surface area contributed by atoms with Crippen LogP contribution in [0.5, 0.6) is 0 Å². The number of hydrogen-bond acceptors (Lipinski definition) is 2. The smallest absolute Gasteiger partial charge is 0.0774 e. The highest BCUT2D eigenvalue weighted by Crippen LogP contribution is 2.27. The molecule has 2 nitrogen and oxygen atoms in total. The third-order valence-electron chi connectivity index (χ3n) is 4.13. The molecule has 0 aliphatic carbocycles. The van der Waals surface area contributed by atoms with Gasteiger partial charge in [-0.05, 0) is 77.7 Å². The average Bonchev–Trinajstić information content (AvgIpc) is 2.53. The van der Waals surface area contributed by atoms with E-state index in [0.717, 1.165) is 13.0 Å². The second kappa shape index (κ2) is 7.57. The van der Waals surface area contributed by atoms with Gasteiger partial charge in [-0.1, -0.05) is 36.4 Å². The van der Waals surface area contributed by atoms with Gasteiger partial charge in [-0.2, -0.15) is 0 Å². The van der Waals surface area contributed by atoms with E-state index >= 15 is 0 Å². The number of piperidine rings is 1. The van der Waals surface area contributed by atoms with Crippen LogP contribution in [0.3, 0.4) is 0 Å². The van der Waals surface area contributed by atoms with Crippen molar-refractivity contribution in [2.45, 2.75) is 38.5 Å². The molecule has 0 spiro atoms. The second-order valence-electron chi connectivity index (χ2n) is 5.97. The van der Waals surface area contributed by atoms with Gasteiger partial charge in [0.25, 0.3) is 0 Å². The minimum atomic E-state index is 0.245. The summed E-state index contributed by atoms with van der Waals surface area (Å²) in [4.78, 5) is 0. The maximum Gasteiger partial charge on any atom is 0.0774 e. The Labute approximate surface area is 146 Å². The van der Waals surface area contributed by atoms with E-state index in [1.54, 1.807) is 0 Å². The van der Waals surface area contributed by atoms with Crippen LogP contribution in [0.2, 0.25) is 0 Å². The van der Waals surface area contributed by atoms with Gasteiger partial charge < -0.3 is 10.1 Å². The van der Waals surface area contributed by atoms with E-state index in [0.29, 0.717) is 12.6 Å². The first-order valence-corrected chi connectivity index (χ1v) is 8.96. The fourth-order valence-corrected chi connectivity index (χ4v) is 4.02. The summed E-state index contributed by atoms with van der Waals surface area (Å²) in [6, 6.07) is 17.6. The van der Waals surface area contributed by atoms with Crippen LogP contribution in [0.15, 0.2) is 48.5 Å². The number of hydrogen-bond donors (Lipinski definition) is 1. The lowest BCUT2D eigenvalue weighted by atomic mass is 9.94. The van der Waals surface area contributed by atoms with Crippen LogP contribution in [0.25, 0.3) is 0 Å². The van der Waals surface area contributed by atoms with Crippen molar-refractivity contribution in [3.8, 4) is 0 Å². The van der Waals surface area contributed by atoms with E-state index in [1.165, 1.54) is 26.7 Å². The minimum Gasteiger partial charge on any atom is -0.372 e. The predicted octanol–water partition coefficient (Wildman–Crippen LogP) is 4.61. The number of benzene rings is 2. The first-order valence-electron chi connectivity index (χ1n) is 7.88. The molecule has 1 saturated heterocycles. The molecule has 0 radical (unpaired) electrons. The molecule has 22 heavy (non-hydrogen) atoms. The monoisotopic (exact) mass is 407 g/mol. The van der Waals surface area contributed by atoms with E-state index in [1.807, 2.05) is 0 Å². The van der Waals surface area contributed by atoms with Crippen molar-refractivity contribution in [1.82, 2.24) is 5.32 Å². The van der Waals surface area contributed by atoms with E-state index in [2.05, 4.69) is 83.4 Å². The Hall–Kier alpha value is -0.910. The lowest BCUT2D eigenvalue weighted by molar-refractivity contribution is -0.00360. The lowest BCUT2D eigenvalue weighted by Crippen LogP contribution is -2.39. The summed E-state index contributed by atoms with van der Waals surface area (Å²) in [5, 5.41) is 3.62. The number of halogens is 1. The summed E-state index contributed by atoms with van der Waals surface area (Å²) in [7, 11) is 0. The van der Waals surface area contributed by atoms with Crippen molar-refractivity contribution < 1.29 is 4.74 Å². The quantitative estimate of drug-likeness (QED) is 0.748. The molecule has 1 heterocycles. The van der Waals surface area contributed by atoms with Crippen molar-refractivity contribution in [3.05, 3.63) is 68.8 Å². The summed E-state index contributed by atoms with van der Waals surface area (Å²) in [5.74, 6) is 0. The van der Waals surface area contributed by atoms with E-state index in [9.17, 15) is 0 Å². The maximum atomic E-state index is 6.28. The Morgan fingerprint density at radius 2 is 2.00 bits per heavy atom. The molecule has 0 aromatic heterocycles. The Kier molecular flexibility index (Phi) is 5.50. The van der Waals surface area contributed by atoms with Crippen LogP contribution in [0.4, 0.5) is 0 Å². The molecule has 0 unspecified atom stereocenters. The predicted molar refractivity (Wildman–Crippen MR) is 98.9 cm³/mol. The molecule has 2 aromatic rings. The molecule has 0 amide bonds. The van der Waals surface area contributed by atoms with Crippen LogP contribution in [0.1, 0.15) is 35.6 Å². The molecule has 1 aliphatic heterocycles. The molecule has 2 atom stereocenters. The van der Waals surface area contributed by atoms with Gasteiger partial charge in [0.2, 0.25) is 0 Å². The number of ether oxygens (including phenoxy) is 1. The number of rotatable bonds is 4. The van der Waals surface area contributed by atoms with Crippen molar-refractivity contribution in [2.24, 2.45) is 0 Å². The molecule has 116 valence electrons. The standard InChI is InChI=1S/C19H22INO/c1-14-10-15(12-17(20)11-14)13-22-18-8-5-9-21-19(18)16-6-3-2-4-7-16/h2-4,6-7,10-12,18-19,21H,5,8-9,13H2,1H3/t18-,19-/m0/s1. The topological polar surface area (TPSA) is 21.3 Å². The number of nitrogens with one attached hydrogen (secondary N) is 1. The zero-order valence-corrected chi connectivity index (χ0v) is 15.0. The molecule has 1 aliphatic rings. The third-order valence-corrected chi connectivity index (χ3v) is 4.75. The van der Waals surface area contributed by atoms with Crippen molar-refractivity contribution in [2.75, 3.05) is 6.54 Å². The molecular weight excluding hydrogens is 385 g/mol. The zero-order valence-electron chi connectivity index (χ0n) is 12.9. The third kappa shape index (κ3) is 4.09. The van der Waals surface area contributed by atoms with Crippen LogP contribution >= 0.6 is 22.6 Å². The fourth-order valence-electron chi connectivity index (χ4n) is 3.13. The van der Waals surface area contributed by atoms with Crippen LogP contribution < -0.4 is 5.32 Å². The largest absolute Gasteiger partial charge is 0.372 e. The molecule has 3 rings (SSSR count). The molecule has 0 saturated carbocycles. The summed E-state index contributed by atoms with van der Waals surface area (Å²) in [6.07, 6.45) is 2.55. The van der Waals surface area contributed by atoms with E-state index in [-0.39, 0.29) is 6.10 Å². The fraction of sp³-hybridized carbons (Fsp3) is 0.368. The van der Waals surface area contributed by atoms with Crippen LogP contribution in [0, 0.1) is 10.5 Å². The van der Waals surface area contributed by atoms with Gasteiger partial charge in [0.1, 0.15) is 0 Å². The van der Waals surface area contributed by atoms with Crippen molar-refractivity contribution >= 4 is 22.6 Å². The highest BCUT2D eigenvalue weighted by atomic mass is 127.